The van der Waals surface area contributed by atoms with Crippen LogP contribution in [0.5, 0.6) is 0 Å². The van der Waals surface area contributed by atoms with E-state index in [2.05, 4.69) is 17.2 Å². The molecule has 0 radical (unpaired) electrons. The monoisotopic (exact) mass is 433 g/mol. The molecule has 2 aliphatic heterocycles. The van der Waals surface area contributed by atoms with Crippen LogP contribution in [0.2, 0.25) is 0 Å². The minimum atomic E-state index is -2.53. The topological polar surface area (TPSA) is 54.5 Å². The number of carbonyl (C=O) groups is 1. The summed E-state index contributed by atoms with van der Waals surface area (Å²) in [5.74, 6) is 1.17. The number of nitrogens with one attached hydrogen (secondary N) is 1. The van der Waals surface area contributed by atoms with Crippen molar-refractivity contribution in [3.63, 3.8) is 0 Å². The van der Waals surface area contributed by atoms with Crippen LogP contribution in [0.25, 0.3) is 0 Å². The van der Waals surface area contributed by atoms with Crippen LogP contribution in [0.3, 0.4) is 0 Å². The highest BCUT2D eigenvalue weighted by atomic mass is 19.3. The first-order valence-corrected chi connectivity index (χ1v) is 11.9. The average molecular weight is 434 g/mol. The zero-order valence-corrected chi connectivity index (χ0v) is 18.3. The van der Waals surface area contributed by atoms with E-state index in [-0.39, 0.29) is 16.9 Å². The lowest BCUT2D eigenvalue weighted by molar-refractivity contribution is -0.144. The molecule has 5 rings (SSSR count). The molecule has 0 aromatic carbocycles. The Kier molecular flexibility index (Phi) is 5.76. The molecule has 2 saturated carbocycles. The average Bonchev–Trinajstić information content (AvgIpc) is 3.32. The first-order valence-electron chi connectivity index (χ1n) is 11.9. The zero-order chi connectivity index (χ0) is 21.6. The van der Waals surface area contributed by atoms with Crippen LogP contribution in [-0.2, 0) is 22.5 Å². The lowest BCUT2D eigenvalue weighted by atomic mass is 9.78. The number of rotatable bonds is 4. The number of carbonyl (C=O) groups excluding carboxylic acids is 1. The third-order valence-corrected chi connectivity index (χ3v) is 8.25. The summed E-state index contributed by atoms with van der Waals surface area (Å²) < 4.78 is 31.9. The summed E-state index contributed by atoms with van der Waals surface area (Å²) in [5, 5.41) is 3.87. The number of amides is 1. The molecule has 1 unspecified atom stereocenters. The molecular formula is C24H33F2N3O2. The van der Waals surface area contributed by atoms with Gasteiger partial charge in [0.15, 0.2) is 0 Å². The van der Waals surface area contributed by atoms with E-state index in [1.807, 2.05) is 4.90 Å². The van der Waals surface area contributed by atoms with Crippen LogP contribution in [0.4, 0.5) is 8.78 Å². The smallest absolute Gasteiger partial charge is 0.265 e. The number of hydrogen-bond donors (Lipinski definition) is 1. The van der Waals surface area contributed by atoms with Crippen LogP contribution in [-0.4, -0.2) is 47.6 Å². The van der Waals surface area contributed by atoms with Gasteiger partial charge in [0.2, 0.25) is 5.91 Å². The molecule has 1 aromatic heterocycles. The highest BCUT2D eigenvalue weighted by Crippen LogP contribution is 2.55. The molecule has 7 heteroatoms. The number of nitrogens with zero attached hydrogens (tertiary/aromatic N) is 2. The van der Waals surface area contributed by atoms with Crippen molar-refractivity contribution in [2.24, 2.45) is 17.3 Å². The molecule has 170 valence electrons. The molecule has 3 fully saturated rings. The Morgan fingerprint density at radius 1 is 1.39 bits per heavy atom. The summed E-state index contributed by atoms with van der Waals surface area (Å²) in [6.45, 7) is 4.89. The molecule has 2 aliphatic carbocycles. The van der Waals surface area contributed by atoms with E-state index in [4.69, 9.17) is 4.74 Å². The molecule has 31 heavy (non-hydrogen) atoms. The molecule has 5 nitrogen and oxygen atoms in total. The minimum absolute atomic E-state index is 0.0549. The number of halogens is 2. The number of fused-ring (bicyclic) bond motifs is 2. The van der Waals surface area contributed by atoms with Gasteiger partial charge in [-0.15, -0.1) is 0 Å². The normalized spacial score (nSPS) is 35.3. The van der Waals surface area contributed by atoms with Crippen LogP contribution in [0.15, 0.2) is 12.3 Å². The largest absolute Gasteiger partial charge is 0.381 e. The second-order valence-electron chi connectivity index (χ2n) is 10.1. The second-order valence-corrected chi connectivity index (χ2v) is 10.1. The van der Waals surface area contributed by atoms with Crippen molar-refractivity contribution >= 4 is 5.91 Å². The maximum atomic E-state index is 13.8. The van der Waals surface area contributed by atoms with Gasteiger partial charge in [0.1, 0.15) is 0 Å². The van der Waals surface area contributed by atoms with Gasteiger partial charge < -0.3 is 15.0 Å². The first-order chi connectivity index (χ1) is 15.0. The van der Waals surface area contributed by atoms with E-state index >= 15 is 0 Å². The van der Waals surface area contributed by atoms with Gasteiger partial charge in [-0.2, -0.15) is 0 Å². The van der Waals surface area contributed by atoms with E-state index in [0.717, 1.165) is 63.0 Å². The maximum Gasteiger partial charge on any atom is 0.265 e. The summed E-state index contributed by atoms with van der Waals surface area (Å²) in [6, 6.07) is 2.39. The van der Waals surface area contributed by atoms with Crippen molar-refractivity contribution in [1.82, 2.24) is 15.2 Å². The van der Waals surface area contributed by atoms with Crippen LogP contribution in [0, 0.1) is 17.3 Å². The molecule has 3 heterocycles. The third-order valence-electron chi connectivity index (χ3n) is 8.25. The number of hydrogen-bond acceptors (Lipinski definition) is 4. The lowest BCUT2D eigenvalue weighted by Crippen LogP contribution is -2.48. The molecule has 4 aliphatic rings. The fourth-order valence-electron chi connectivity index (χ4n) is 6.60. The standard InChI is InChI=1S/C24H33F2N3O2/c1-15-14-31-8-5-20(15)28-19-10-18-3-2-6-24(18,11-19)23(30)29-7-4-21-17(13-29)9-16(12-27-21)22(25)26/h9,12,15,18-20,22,28H,2-8,10-11,13-14H2,1H3/t15-,18-,19-,20?,24-/m1/s1. The molecule has 1 N–H and O–H groups in total. The molecular weight excluding hydrogens is 400 g/mol. The predicted octanol–water partition coefficient (Wildman–Crippen LogP) is 3.87. The van der Waals surface area contributed by atoms with Gasteiger partial charge in [-0.25, -0.2) is 8.78 Å². The fourth-order valence-corrected chi connectivity index (χ4v) is 6.60. The Hall–Kier alpha value is -1.60. The fraction of sp³-hybridized carbons (Fsp3) is 0.750. The molecule has 0 bridgehead atoms. The Morgan fingerprint density at radius 3 is 3.06 bits per heavy atom. The van der Waals surface area contributed by atoms with Gasteiger partial charge >= 0.3 is 0 Å². The van der Waals surface area contributed by atoms with E-state index in [0.29, 0.717) is 43.4 Å². The van der Waals surface area contributed by atoms with Crippen molar-refractivity contribution in [2.45, 2.75) is 76.9 Å². The van der Waals surface area contributed by atoms with Gasteiger partial charge in [0, 0.05) is 55.7 Å². The SMILES string of the molecule is C[C@@H]1COCCC1N[C@@H]1C[C@H]2CCC[C@@]2(C(=O)N2CCc3ncc(C(F)F)cc3C2)C1. The van der Waals surface area contributed by atoms with Crippen molar-refractivity contribution in [3.8, 4) is 0 Å². The van der Waals surface area contributed by atoms with Crippen molar-refractivity contribution in [3.05, 3.63) is 29.1 Å². The number of pyridine rings is 1. The van der Waals surface area contributed by atoms with Gasteiger partial charge in [0.25, 0.3) is 6.43 Å². The molecule has 1 aromatic rings. The van der Waals surface area contributed by atoms with Gasteiger partial charge in [-0.3, -0.25) is 9.78 Å². The van der Waals surface area contributed by atoms with Gasteiger partial charge in [-0.1, -0.05) is 13.3 Å². The number of alkyl halides is 2. The van der Waals surface area contributed by atoms with Crippen molar-refractivity contribution in [1.29, 1.82) is 0 Å². The molecule has 0 spiro atoms. The maximum absolute atomic E-state index is 13.8. The van der Waals surface area contributed by atoms with Gasteiger partial charge in [0.05, 0.1) is 12.0 Å². The summed E-state index contributed by atoms with van der Waals surface area (Å²) in [7, 11) is 0. The van der Waals surface area contributed by atoms with E-state index in [1.165, 1.54) is 6.20 Å². The van der Waals surface area contributed by atoms with Crippen LogP contribution < -0.4 is 5.32 Å². The highest BCUT2D eigenvalue weighted by molar-refractivity contribution is 5.84. The minimum Gasteiger partial charge on any atom is -0.381 e. The predicted molar refractivity (Wildman–Crippen MR) is 113 cm³/mol. The Labute approximate surface area is 182 Å². The molecule has 1 amide bonds. The highest BCUT2D eigenvalue weighted by Gasteiger charge is 2.56. The summed E-state index contributed by atoms with van der Waals surface area (Å²) >= 11 is 0. The molecule has 1 saturated heterocycles. The van der Waals surface area contributed by atoms with Gasteiger partial charge in [-0.05, 0) is 55.6 Å². The van der Waals surface area contributed by atoms with E-state index in [1.54, 1.807) is 6.07 Å². The number of aromatic nitrogens is 1. The molecule has 5 atom stereocenters. The Morgan fingerprint density at radius 2 is 2.26 bits per heavy atom. The van der Waals surface area contributed by atoms with Crippen molar-refractivity contribution in [2.75, 3.05) is 19.8 Å². The van der Waals surface area contributed by atoms with Crippen LogP contribution in [0.1, 0.15) is 68.7 Å². The zero-order valence-electron chi connectivity index (χ0n) is 18.3. The van der Waals surface area contributed by atoms with Crippen molar-refractivity contribution < 1.29 is 18.3 Å². The van der Waals surface area contributed by atoms with E-state index in [9.17, 15) is 13.6 Å². The Bertz CT molecular complexity index is 835. The summed E-state index contributed by atoms with van der Waals surface area (Å²) in [6.07, 6.45) is 5.58. The summed E-state index contributed by atoms with van der Waals surface area (Å²) in [4.78, 5) is 20.0. The third kappa shape index (κ3) is 3.88. The van der Waals surface area contributed by atoms with E-state index < -0.39 is 6.43 Å². The lowest BCUT2D eigenvalue weighted by Gasteiger charge is -2.37. The summed E-state index contributed by atoms with van der Waals surface area (Å²) in [5.41, 5.74) is 1.30. The van der Waals surface area contributed by atoms with Crippen LogP contribution >= 0.6 is 0 Å². The quantitative estimate of drug-likeness (QED) is 0.783. The first kappa shape index (κ1) is 21.3. The number of ether oxygens (including phenoxy) is 1. The second kappa shape index (κ2) is 8.39. The Balaban J connectivity index is 1.30.